The van der Waals surface area contributed by atoms with Gasteiger partial charge in [-0.1, -0.05) is 23.7 Å². The molecule has 1 unspecified atom stereocenters. The van der Waals surface area contributed by atoms with E-state index in [4.69, 9.17) is 23.2 Å². The summed E-state index contributed by atoms with van der Waals surface area (Å²) in [6.07, 6.45) is -0.467. The number of alkyl halides is 1. The number of aliphatic hydroxyl groups is 1. The Kier molecular flexibility index (Phi) is 5.60. The van der Waals surface area contributed by atoms with Crippen LogP contribution < -0.4 is 5.32 Å². The first-order chi connectivity index (χ1) is 7.63. The van der Waals surface area contributed by atoms with E-state index in [2.05, 4.69) is 5.32 Å². The van der Waals surface area contributed by atoms with Crippen LogP contribution in [-0.2, 0) is 4.79 Å². The number of amides is 1. The summed E-state index contributed by atoms with van der Waals surface area (Å²) < 4.78 is 0. The Bertz CT molecular complexity index is 340. The highest BCUT2D eigenvalue weighted by Gasteiger charge is 2.08. The van der Waals surface area contributed by atoms with E-state index in [0.717, 1.165) is 5.56 Å². The number of nitrogens with one attached hydrogen (secondary N) is 1. The molecule has 1 aromatic rings. The molecule has 16 heavy (non-hydrogen) atoms. The number of halogens is 2. The van der Waals surface area contributed by atoms with Crippen LogP contribution in [0.5, 0.6) is 0 Å². The molecule has 0 radical (unpaired) electrons. The summed E-state index contributed by atoms with van der Waals surface area (Å²) in [6.45, 7) is 0.178. The highest BCUT2D eigenvalue weighted by atomic mass is 35.5. The predicted octanol–water partition coefficient (Wildman–Crippen LogP) is 2.12. The molecular weight excluding hydrogens is 249 g/mol. The van der Waals surface area contributed by atoms with Crippen LogP contribution in [0.2, 0.25) is 5.02 Å². The van der Waals surface area contributed by atoms with E-state index < -0.39 is 6.10 Å². The summed E-state index contributed by atoms with van der Waals surface area (Å²) in [7, 11) is 0. The molecule has 0 saturated heterocycles. The largest absolute Gasteiger partial charge is 0.387 e. The summed E-state index contributed by atoms with van der Waals surface area (Å²) in [5.41, 5.74) is 0.718. The van der Waals surface area contributed by atoms with Crippen molar-refractivity contribution in [2.24, 2.45) is 0 Å². The van der Waals surface area contributed by atoms with Crippen LogP contribution >= 0.6 is 23.2 Å². The van der Waals surface area contributed by atoms with Crippen molar-refractivity contribution in [3.63, 3.8) is 0 Å². The molecule has 1 aromatic carbocycles. The summed E-state index contributed by atoms with van der Waals surface area (Å²) >= 11 is 11.1. The van der Waals surface area contributed by atoms with Gasteiger partial charge in [-0.15, -0.1) is 11.6 Å². The Morgan fingerprint density at radius 2 is 2.00 bits per heavy atom. The lowest BCUT2D eigenvalue weighted by Gasteiger charge is -2.11. The Labute approximate surface area is 104 Å². The van der Waals surface area contributed by atoms with Crippen molar-refractivity contribution in [3.8, 4) is 0 Å². The van der Waals surface area contributed by atoms with Gasteiger partial charge in [0.2, 0.25) is 5.91 Å². The molecule has 0 aliphatic carbocycles. The minimum atomic E-state index is -0.725. The molecule has 3 nitrogen and oxygen atoms in total. The molecule has 0 aromatic heterocycles. The minimum Gasteiger partial charge on any atom is -0.387 e. The number of carbonyl (C=O) groups is 1. The Hall–Kier alpha value is -0.770. The van der Waals surface area contributed by atoms with Gasteiger partial charge in [0.25, 0.3) is 0 Å². The fraction of sp³-hybridized carbons (Fsp3) is 0.364. The zero-order chi connectivity index (χ0) is 12.0. The first kappa shape index (κ1) is 13.3. The average molecular weight is 262 g/mol. The van der Waals surface area contributed by atoms with Crippen molar-refractivity contribution in [2.45, 2.75) is 12.5 Å². The second-order valence-electron chi connectivity index (χ2n) is 3.31. The van der Waals surface area contributed by atoms with E-state index in [1.54, 1.807) is 24.3 Å². The summed E-state index contributed by atoms with van der Waals surface area (Å²) in [5, 5.41) is 12.9. The van der Waals surface area contributed by atoms with E-state index in [-0.39, 0.29) is 24.8 Å². The van der Waals surface area contributed by atoms with Crippen LogP contribution in [0.3, 0.4) is 0 Å². The van der Waals surface area contributed by atoms with Gasteiger partial charge in [0.1, 0.15) is 0 Å². The third-order valence-corrected chi connectivity index (χ3v) is 2.51. The van der Waals surface area contributed by atoms with Crippen molar-refractivity contribution in [3.05, 3.63) is 34.9 Å². The molecular formula is C11H13Cl2NO2. The SMILES string of the molecule is O=C(CCCl)NCC(O)c1ccc(Cl)cc1. The van der Waals surface area contributed by atoms with Crippen LogP contribution in [0.25, 0.3) is 0 Å². The van der Waals surface area contributed by atoms with Gasteiger partial charge in [0.05, 0.1) is 6.10 Å². The first-order valence-corrected chi connectivity index (χ1v) is 5.81. The van der Waals surface area contributed by atoms with Crippen molar-refractivity contribution in [2.75, 3.05) is 12.4 Å². The second-order valence-corrected chi connectivity index (χ2v) is 4.12. The van der Waals surface area contributed by atoms with Crippen LogP contribution in [0, 0.1) is 0 Å². The highest BCUT2D eigenvalue weighted by Crippen LogP contribution is 2.15. The van der Waals surface area contributed by atoms with Gasteiger partial charge in [0.15, 0.2) is 0 Å². The zero-order valence-electron chi connectivity index (χ0n) is 8.62. The van der Waals surface area contributed by atoms with Gasteiger partial charge in [0, 0.05) is 23.9 Å². The normalized spacial score (nSPS) is 12.2. The van der Waals surface area contributed by atoms with E-state index in [9.17, 15) is 9.90 Å². The van der Waals surface area contributed by atoms with Gasteiger partial charge in [-0.2, -0.15) is 0 Å². The first-order valence-electron chi connectivity index (χ1n) is 4.89. The maximum absolute atomic E-state index is 11.1. The standard InChI is InChI=1S/C11H13Cl2NO2/c12-6-5-11(16)14-7-10(15)8-1-3-9(13)4-2-8/h1-4,10,15H,5-7H2,(H,14,16). The molecule has 5 heteroatoms. The fourth-order valence-corrected chi connectivity index (χ4v) is 1.49. The number of hydrogen-bond acceptors (Lipinski definition) is 2. The topological polar surface area (TPSA) is 49.3 Å². The maximum Gasteiger partial charge on any atom is 0.221 e. The quantitative estimate of drug-likeness (QED) is 0.798. The molecule has 0 heterocycles. The van der Waals surface area contributed by atoms with Gasteiger partial charge < -0.3 is 10.4 Å². The van der Waals surface area contributed by atoms with Crippen molar-refractivity contribution in [1.82, 2.24) is 5.32 Å². The predicted molar refractivity (Wildman–Crippen MR) is 64.8 cm³/mol. The lowest BCUT2D eigenvalue weighted by atomic mass is 10.1. The third kappa shape index (κ3) is 4.39. The number of benzene rings is 1. The monoisotopic (exact) mass is 261 g/mol. The van der Waals surface area contributed by atoms with Crippen molar-refractivity contribution in [1.29, 1.82) is 0 Å². The molecule has 2 N–H and O–H groups in total. The molecule has 0 aliphatic heterocycles. The maximum atomic E-state index is 11.1. The summed E-state index contributed by atoms with van der Waals surface area (Å²) in [5.74, 6) is 0.117. The fourth-order valence-electron chi connectivity index (χ4n) is 1.19. The van der Waals surface area contributed by atoms with Crippen LogP contribution in [-0.4, -0.2) is 23.4 Å². The smallest absolute Gasteiger partial charge is 0.221 e. The number of carbonyl (C=O) groups excluding carboxylic acids is 1. The molecule has 88 valence electrons. The molecule has 1 atom stereocenters. The summed E-state index contributed by atoms with van der Waals surface area (Å²) in [4.78, 5) is 11.1. The van der Waals surface area contributed by atoms with Crippen LogP contribution in [0.4, 0.5) is 0 Å². The Morgan fingerprint density at radius 3 is 2.56 bits per heavy atom. The van der Waals surface area contributed by atoms with Crippen molar-refractivity contribution >= 4 is 29.1 Å². The van der Waals surface area contributed by atoms with Crippen molar-refractivity contribution < 1.29 is 9.90 Å². The van der Waals surface area contributed by atoms with Gasteiger partial charge >= 0.3 is 0 Å². The molecule has 1 rings (SSSR count). The average Bonchev–Trinajstić information content (AvgIpc) is 2.27. The lowest BCUT2D eigenvalue weighted by molar-refractivity contribution is -0.121. The third-order valence-electron chi connectivity index (χ3n) is 2.07. The van der Waals surface area contributed by atoms with E-state index in [0.29, 0.717) is 5.02 Å². The van der Waals surface area contributed by atoms with E-state index in [1.165, 1.54) is 0 Å². The van der Waals surface area contributed by atoms with Gasteiger partial charge in [-0.25, -0.2) is 0 Å². The molecule has 0 aliphatic rings. The van der Waals surface area contributed by atoms with Gasteiger partial charge in [-0.05, 0) is 17.7 Å². The second kappa shape index (κ2) is 6.74. The van der Waals surface area contributed by atoms with Crippen LogP contribution in [0.1, 0.15) is 18.1 Å². The zero-order valence-corrected chi connectivity index (χ0v) is 10.1. The lowest BCUT2D eigenvalue weighted by Crippen LogP contribution is -2.28. The number of hydrogen-bond donors (Lipinski definition) is 2. The Morgan fingerprint density at radius 1 is 1.38 bits per heavy atom. The summed E-state index contributed by atoms with van der Waals surface area (Å²) in [6, 6.07) is 6.84. The molecule has 0 saturated carbocycles. The molecule has 0 bridgehead atoms. The molecule has 0 fully saturated rings. The molecule has 1 amide bonds. The molecule has 0 spiro atoms. The van der Waals surface area contributed by atoms with Crippen LogP contribution in [0.15, 0.2) is 24.3 Å². The van der Waals surface area contributed by atoms with E-state index in [1.807, 2.05) is 0 Å². The number of aliphatic hydroxyl groups excluding tert-OH is 1. The number of rotatable bonds is 5. The van der Waals surface area contributed by atoms with Gasteiger partial charge in [-0.3, -0.25) is 4.79 Å². The highest BCUT2D eigenvalue weighted by molar-refractivity contribution is 6.30. The van der Waals surface area contributed by atoms with E-state index >= 15 is 0 Å². The minimum absolute atomic E-state index is 0.164. The Balaban J connectivity index is 2.43.